The van der Waals surface area contributed by atoms with Crippen molar-refractivity contribution in [2.24, 2.45) is 0 Å². The molecule has 0 saturated heterocycles. The average Bonchev–Trinajstić information content (AvgIpc) is 1.16. The fourth-order valence-electron chi connectivity index (χ4n) is 8.62. The zero-order valence-electron chi connectivity index (χ0n) is 61.0. The quantitative estimate of drug-likeness (QED) is 0.117. The molecule has 0 N–H and O–H groups in total. The average molecular weight is 806 g/mol. The SMILES string of the molecule is [2H]c1c([2H])c([2H])c([Si](c2ccc3c(c2)C(C)(C)CCC3(C)C)(c2c([2H])c([2H])c([2H])c([2H])c2[2H])c2c([2H])c([2H])c([2H])c(-n3c4c([2H])c([2H])c([2H])c([2H])c4c4c([2H])c(-n5c6c([2H])c([2H])c([2H])c([2H])c6c6c([2H])c([2H])c([2H])c([2H])c65)c([2H])c([2H])c43)c2[2H])c([2H])c1[2H]. The maximum atomic E-state index is 10.8. The van der Waals surface area contributed by atoms with Crippen LogP contribution < -0.4 is 20.7 Å². The molecule has 0 bridgehead atoms. The van der Waals surface area contributed by atoms with Gasteiger partial charge in [0.15, 0.2) is 8.07 Å². The van der Waals surface area contributed by atoms with Crippen molar-refractivity contribution in [3.8, 4) is 11.4 Å². The lowest BCUT2D eigenvalue weighted by Crippen LogP contribution is -2.75. The first-order chi connectivity index (χ1) is 40.8. The Morgan fingerprint density at radius 2 is 0.864 bits per heavy atom. The lowest BCUT2D eigenvalue weighted by Gasteiger charge is -2.43. The van der Waals surface area contributed by atoms with Gasteiger partial charge in [-0.05, 0) is 104 Å². The third-order valence-electron chi connectivity index (χ3n) is 11.6. The van der Waals surface area contributed by atoms with Crippen molar-refractivity contribution in [3.63, 3.8) is 0 Å². The number of rotatable bonds is 6. The van der Waals surface area contributed by atoms with Gasteiger partial charge in [0.25, 0.3) is 0 Å². The molecule has 0 atom stereocenters. The Balaban J connectivity index is 1.44. The van der Waals surface area contributed by atoms with E-state index in [1.165, 1.54) is 6.07 Å². The van der Waals surface area contributed by atoms with E-state index in [-0.39, 0.29) is 5.19 Å². The molecule has 0 aliphatic heterocycles. The molecule has 1 aliphatic carbocycles. The summed E-state index contributed by atoms with van der Waals surface area (Å²) in [5, 5.41) is -4.78. The fraction of sp³-hybridized carbons (Fsp3) is 0.143. The van der Waals surface area contributed by atoms with Gasteiger partial charge in [-0.2, -0.15) is 0 Å². The summed E-state index contributed by atoms with van der Waals surface area (Å²) in [6, 6.07) is -23.3. The van der Waals surface area contributed by atoms with Crippen LogP contribution in [0.15, 0.2) is 193 Å². The van der Waals surface area contributed by atoms with Crippen molar-refractivity contribution in [2.75, 3.05) is 0 Å². The number of aromatic nitrogens is 2. The van der Waals surface area contributed by atoms with Gasteiger partial charge in [0.1, 0.15) is 0 Å². The van der Waals surface area contributed by atoms with Crippen molar-refractivity contribution in [3.05, 3.63) is 205 Å². The van der Waals surface area contributed by atoms with Gasteiger partial charge in [0, 0.05) is 32.9 Å². The van der Waals surface area contributed by atoms with E-state index in [1.807, 2.05) is 27.7 Å². The van der Waals surface area contributed by atoms with Crippen LogP contribution in [0.4, 0.5) is 0 Å². The van der Waals surface area contributed by atoms with Crippen molar-refractivity contribution < 1.29 is 39.8 Å². The Morgan fingerprint density at radius 3 is 1.44 bits per heavy atom. The van der Waals surface area contributed by atoms with Crippen LogP contribution in [0, 0.1) is 0 Å². The van der Waals surface area contributed by atoms with E-state index in [0.717, 1.165) is 10.1 Å². The van der Waals surface area contributed by atoms with E-state index in [0.29, 0.717) is 23.0 Å². The number of hydrogen-bond acceptors (Lipinski definition) is 0. The zero-order chi connectivity index (χ0) is 65.2. The highest BCUT2D eigenvalue weighted by Crippen LogP contribution is 2.45. The normalized spacial score (nSPS) is 21.8. The maximum Gasteiger partial charge on any atom is 0.179 e. The number of benzene rings is 8. The highest BCUT2D eigenvalue weighted by Gasteiger charge is 2.44. The molecular weight excluding hydrogens is 729 g/mol. The van der Waals surface area contributed by atoms with Crippen LogP contribution in [0.2, 0.25) is 0 Å². The first-order valence-electron chi connectivity index (χ1n) is 33.3. The van der Waals surface area contributed by atoms with Crippen LogP contribution in [-0.4, -0.2) is 17.2 Å². The van der Waals surface area contributed by atoms with Gasteiger partial charge in [0.2, 0.25) is 0 Å². The minimum atomic E-state index is -5.84. The molecule has 2 aromatic heterocycles. The van der Waals surface area contributed by atoms with E-state index in [2.05, 4.69) is 0 Å². The number of para-hydroxylation sites is 3. The summed E-state index contributed by atoms with van der Waals surface area (Å²) < 4.78 is 274. The fourth-order valence-corrected chi connectivity index (χ4v) is 12.5. The lowest BCUT2D eigenvalue weighted by molar-refractivity contribution is 0.332. The first kappa shape index (κ1) is 16.7. The summed E-state index contributed by atoms with van der Waals surface area (Å²) in [6.07, 6.45) is 1.20. The molecule has 11 rings (SSSR count). The van der Waals surface area contributed by atoms with Crippen LogP contribution in [0.25, 0.3) is 55.0 Å². The maximum absolute atomic E-state index is 10.8. The minimum absolute atomic E-state index is 0.127. The third kappa shape index (κ3) is 5.37. The zero-order valence-corrected chi connectivity index (χ0v) is 33.0. The number of hydrogen-bond donors (Lipinski definition) is 0. The first-order valence-corrected chi connectivity index (χ1v) is 20.8. The van der Waals surface area contributed by atoms with E-state index >= 15 is 0 Å². The van der Waals surface area contributed by atoms with Gasteiger partial charge in [-0.3, -0.25) is 0 Å². The molecule has 0 fully saturated rings. The van der Waals surface area contributed by atoms with Crippen LogP contribution in [-0.2, 0) is 10.8 Å². The van der Waals surface area contributed by atoms with Crippen molar-refractivity contribution >= 4 is 72.4 Å². The molecule has 1 aliphatic rings. The van der Waals surface area contributed by atoms with Crippen molar-refractivity contribution in [1.82, 2.24) is 9.13 Å². The summed E-state index contributed by atoms with van der Waals surface area (Å²) in [4.78, 5) is 0. The Morgan fingerprint density at radius 1 is 0.407 bits per heavy atom. The Bertz CT molecular complexity index is 4720. The van der Waals surface area contributed by atoms with Gasteiger partial charge >= 0.3 is 0 Å². The van der Waals surface area contributed by atoms with Crippen LogP contribution in [0.3, 0.4) is 0 Å². The summed E-state index contributed by atoms with van der Waals surface area (Å²) in [7, 11) is -5.84. The lowest BCUT2D eigenvalue weighted by atomic mass is 9.63. The topological polar surface area (TPSA) is 9.86 Å². The van der Waals surface area contributed by atoms with Crippen LogP contribution >= 0.6 is 0 Å². The molecule has 2 nitrogen and oxygen atoms in total. The molecule has 0 amide bonds. The molecular formula is C56H48N2Si. The summed E-state index contributed by atoms with van der Waals surface area (Å²) in [5.41, 5.74) is -4.42. The second kappa shape index (κ2) is 13.3. The molecule has 8 aromatic carbocycles. The molecule has 3 heteroatoms. The molecule has 59 heavy (non-hydrogen) atoms. The smallest absolute Gasteiger partial charge is 0.179 e. The van der Waals surface area contributed by atoms with Gasteiger partial charge in [0.05, 0.1) is 61.8 Å². The summed E-state index contributed by atoms with van der Waals surface area (Å²) >= 11 is 0. The van der Waals surface area contributed by atoms with Crippen molar-refractivity contribution in [1.29, 1.82) is 0 Å². The Labute approximate surface area is 388 Å². The Hall–Kier alpha value is -6.42. The molecule has 0 unspecified atom stereocenters. The monoisotopic (exact) mass is 806 g/mol. The third-order valence-corrected chi connectivity index (χ3v) is 15.8. The minimum Gasteiger partial charge on any atom is -0.309 e. The van der Waals surface area contributed by atoms with Crippen LogP contribution in [0.1, 0.15) is 91.4 Å². The van der Waals surface area contributed by atoms with Gasteiger partial charge in [-0.1, -0.05) is 173 Å². The number of nitrogens with zero attached hydrogens (tertiary/aromatic N) is 2. The molecule has 2 heterocycles. The molecule has 0 spiro atoms. The molecule has 0 radical (unpaired) electrons. The molecule has 10 aromatic rings. The highest BCUT2D eigenvalue weighted by molar-refractivity contribution is 7.19. The summed E-state index contributed by atoms with van der Waals surface area (Å²) in [6.45, 7) is 7.78. The predicted molar refractivity (Wildman–Crippen MR) is 254 cm³/mol. The predicted octanol–water partition coefficient (Wildman–Crippen LogP) is 11.6. The van der Waals surface area contributed by atoms with E-state index in [1.54, 1.807) is 12.1 Å². The molecule has 286 valence electrons. The van der Waals surface area contributed by atoms with Gasteiger partial charge in [-0.15, -0.1) is 0 Å². The van der Waals surface area contributed by atoms with Crippen molar-refractivity contribution in [2.45, 2.75) is 51.4 Å². The Kier molecular flexibility index (Phi) is 3.76. The van der Waals surface area contributed by atoms with Gasteiger partial charge < -0.3 is 9.13 Å². The largest absolute Gasteiger partial charge is 0.309 e. The standard InChI is InChI=1S/C56H48N2Si/c1-55(2)34-35-56(3,4)50-38-44(31-32-49(50)55)59(41-19-7-5-8-20-41,42-21-9-6-10-22-42)43-23-17-18-39(36-43)57-53-29-16-13-26-47(53)48-37-40(30-33-54(48)57)58-51-27-14-11-24-45(51)46-25-12-15-28-52(46)58/h5-33,36-38H,34-35H2,1-4H3/i5D,6D,7D,8D,9D,10D,11D,12D,13D,14D,15D,16D,17D,18D,19D,20D,21D,22D,23D,24D,25D,26D,27D,28D,29D,30D,33D,36D,37D. The molecule has 0 saturated carbocycles. The highest BCUT2D eigenvalue weighted by atomic mass is 28.3. The van der Waals surface area contributed by atoms with E-state index in [4.69, 9.17) is 19.2 Å². The van der Waals surface area contributed by atoms with Crippen LogP contribution in [0.5, 0.6) is 0 Å². The van der Waals surface area contributed by atoms with Gasteiger partial charge in [-0.25, -0.2) is 0 Å². The second-order valence-corrected chi connectivity index (χ2v) is 19.4. The number of fused-ring (bicyclic) bond motifs is 7. The van der Waals surface area contributed by atoms with E-state index in [9.17, 15) is 20.6 Å². The second-order valence-electron chi connectivity index (χ2n) is 15.8. The summed E-state index contributed by atoms with van der Waals surface area (Å²) in [5.74, 6) is 0. The van der Waals surface area contributed by atoms with E-state index < -0.39 is 265 Å².